The average molecular weight is 434 g/mol. The van der Waals surface area contributed by atoms with Gasteiger partial charge in [0.1, 0.15) is 23.1 Å². The van der Waals surface area contributed by atoms with E-state index in [9.17, 15) is 4.39 Å². The molecule has 0 spiro atoms. The third kappa shape index (κ3) is 3.03. The summed E-state index contributed by atoms with van der Waals surface area (Å²) in [5.74, 6) is -0.233. The summed E-state index contributed by atoms with van der Waals surface area (Å²) < 4.78 is 16.9. The zero-order valence-electron chi connectivity index (χ0n) is 12.8. The van der Waals surface area contributed by atoms with Gasteiger partial charge < -0.3 is 0 Å². The van der Waals surface area contributed by atoms with Crippen LogP contribution in [0.15, 0.2) is 33.5 Å². The van der Waals surface area contributed by atoms with Crippen molar-refractivity contribution in [3.05, 3.63) is 39.3 Å². The SMILES string of the molecule is CC(C)(C)[Si](C)(C)c1nc(Br)c(Br)n1-c1ccc(F)cc1. The predicted octanol–water partition coefficient (Wildman–Crippen LogP) is 5.25. The molecule has 114 valence electrons. The van der Waals surface area contributed by atoms with Gasteiger partial charge in [0.05, 0.1) is 5.45 Å². The van der Waals surface area contributed by atoms with Crippen molar-refractivity contribution in [2.45, 2.75) is 38.9 Å². The lowest BCUT2D eigenvalue weighted by atomic mass is 10.2. The van der Waals surface area contributed by atoms with Crippen LogP contribution in [0.2, 0.25) is 18.1 Å². The maximum Gasteiger partial charge on any atom is 0.138 e. The molecule has 0 atom stereocenters. The lowest BCUT2D eigenvalue weighted by Crippen LogP contribution is -2.53. The molecular weight excluding hydrogens is 415 g/mol. The first-order chi connectivity index (χ1) is 9.55. The van der Waals surface area contributed by atoms with E-state index >= 15 is 0 Å². The fourth-order valence-corrected chi connectivity index (χ4v) is 4.95. The van der Waals surface area contributed by atoms with Crippen LogP contribution in [0.3, 0.4) is 0 Å². The Kier molecular flexibility index (Phi) is 4.53. The Morgan fingerprint density at radius 1 is 1.10 bits per heavy atom. The van der Waals surface area contributed by atoms with Crippen LogP contribution in [-0.4, -0.2) is 17.6 Å². The number of aromatic nitrogens is 2. The molecule has 0 saturated heterocycles. The fourth-order valence-electron chi connectivity index (χ4n) is 1.95. The predicted molar refractivity (Wildman–Crippen MR) is 95.8 cm³/mol. The highest BCUT2D eigenvalue weighted by Gasteiger charge is 2.42. The summed E-state index contributed by atoms with van der Waals surface area (Å²) in [4.78, 5) is 4.75. The maximum absolute atomic E-state index is 13.2. The molecule has 0 bridgehead atoms. The van der Waals surface area contributed by atoms with Crippen molar-refractivity contribution in [3.8, 4) is 5.69 Å². The second-order valence-corrected chi connectivity index (χ2v) is 13.4. The molecule has 0 aliphatic carbocycles. The van der Waals surface area contributed by atoms with Crippen molar-refractivity contribution in [2.24, 2.45) is 0 Å². The highest BCUT2D eigenvalue weighted by molar-refractivity contribution is 9.13. The Labute approximate surface area is 143 Å². The van der Waals surface area contributed by atoms with Crippen LogP contribution in [0, 0.1) is 5.82 Å². The zero-order chi connectivity index (χ0) is 16.0. The van der Waals surface area contributed by atoms with Gasteiger partial charge in [-0.25, -0.2) is 9.37 Å². The van der Waals surface area contributed by atoms with Gasteiger partial charge >= 0.3 is 0 Å². The second kappa shape index (κ2) is 5.63. The molecule has 0 fully saturated rings. The number of benzene rings is 1. The first-order valence-corrected chi connectivity index (χ1v) is 11.3. The molecule has 0 unspecified atom stereocenters. The van der Waals surface area contributed by atoms with Crippen molar-refractivity contribution in [2.75, 3.05) is 0 Å². The number of rotatable bonds is 2. The monoisotopic (exact) mass is 432 g/mol. The number of imidazole rings is 1. The minimum Gasteiger partial charge on any atom is -0.294 e. The summed E-state index contributed by atoms with van der Waals surface area (Å²) in [5.41, 5.74) is 1.99. The smallest absolute Gasteiger partial charge is 0.138 e. The van der Waals surface area contributed by atoms with Gasteiger partial charge in [-0.15, -0.1) is 0 Å². The second-order valence-electron chi connectivity index (χ2n) is 6.70. The molecule has 2 aromatic rings. The molecule has 0 saturated carbocycles. The summed E-state index contributed by atoms with van der Waals surface area (Å²) in [6, 6.07) is 6.52. The zero-order valence-corrected chi connectivity index (χ0v) is 17.0. The summed E-state index contributed by atoms with van der Waals surface area (Å²) >= 11 is 7.10. The van der Waals surface area contributed by atoms with Crippen LogP contribution in [0.1, 0.15) is 20.8 Å². The van der Waals surface area contributed by atoms with E-state index in [1.165, 1.54) is 12.1 Å². The standard InChI is InChI=1S/C15H19Br2FN2Si/c1-15(2,3)21(4,5)14-19-12(16)13(17)20(14)11-8-6-10(18)7-9-11/h6-9H,1-5H3. The van der Waals surface area contributed by atoms with Gasteiger partial charge in [0.25, 0.3) is 0 Å². The summed E-state index contributed by atoms with van der Waals surface area (Å²) in [6.07, 6.45) is 0. The van der Waals surface area contributed by atoms with Crippen LogP contribution in [-0.2, 0) is 0 Å². The quantitative estimate of drug-likeness (QED) is 0.591. The van der Waals surface area contributed by atoms with Crippen molar-refractivity contribution in [3.63, 3.8) is 0 Å². The summed E-state index contributed by atoms with van der Waals surface area (Å²) in [7, 11) is -1.83. The molecule has 0 amide bonds. The Hall–Kier alpha value is -0.463. The minimum absolute atomic E-state index is 0.162. The fraction of sp³-hybridized carbons (Fsp3) is 0.400. The molecule has 6 heteroatoms. The first kappa shape index (κ1) is 16.9. The van der Waals surface area contributed by atoms with Gasteiger partial charge in [-0.2, -0.15) is 0 Å². The molecule has 1 heterocycles. The largest absolute Gasteiger partial charge is 0.294 e. The normalized spacial score (nSPS) is 12.8. The molecule has 0 aliphatic rings. The molecule has 2 nitrogen and oxygen atoms in total. The third-order valence-electron chi connectivity index (χ3n) is 4.30. The van der Waals surface area contributed by atoms with Gasteiger partial charge in [-0.3, -0.25) is 4.57 Å². The van der Waals surface area contributed by atoms with E-state index < -0.39 is 8.07 Å². The molecule has 1 aromatic heterocycles. The topological polar surface area (TPSA) is 17.8 Å². The van der Waals surface area contributed by atoms with E-state index in [1.807, 2.05) is 0 Å². The van der Waals surface area contributed by atoms with Crippen molar-refractivity contribution in [1.29, 1.82) is 0 Å². The van der Waals surface area contributed by atoms with E-state index in [0.29, 0.717) is 0 Å². The molecule has 21 heavy (non-hydrogen) atoms. The van der Waals surface area contributed by atoms with Gasteiger partial charge in [-0.05, 0) is 61.2 Å². The van der Waals surface area contributed by atoms with Crippen LogP contribution in [0.25, 0.3) is 5.69 Å². The van der Waals surface area contributed by atoms with Gasteiger partial charge in [0.15, 0.2) is 0 Å². The molecule has 0 aliphatic heterocycles. The lowest BCUT2D eigenvalue weighted by Gasteiger charge is -2.36. The van der Waals surface area contributed by atoms with E-state index in [-0.39, 0.29) is 10.9 Å². The van der Waals surface area contributed by atoms with E-state index in [1.54, 1.807) is 12.1 Å². The van der Waals surface area contributed by atoms with Crippen molar-refractivity contribution in [1.82, 2.24) is 9.55 Å². The lowest BCUT2D eigenvalue weighted by molar-refractivity contribution is 0.627. The highest BCUT2D eigenvalue weighted by Crippen LogP contribution is 2.37. The Balaban J connectivity index is 2.70. The van der Waals surface area contributed by atoms with Crippen LogP contribution in [0.4, 0.5) is 4.39 Å². The number of nitrogens with zero attached hydrogens (tertiary/aromatic N) is 2. The molecule has 0 N–H and O–H groups in total. The Morgan fingerprint density at radius 2 is 1.62 bits per heavy atom. The summed E-state index contributed by atoms with van der Waals surface area (Å²) in [6.45, 7) is 11.4. The molecule has 1 aromatic carbocycles. The third-order valence-corrected chi connectivity index (χ3v) is 11.3. The summed E-state index contributed by atoms with van der Waals surface area (Å²) in [5, 5.41) is 0.162. The van der Waals surface area contributed by atoms with E-state index in [2.05, 4.69) is 70.3 Å². The van der Waals surface area contributed by atoms with Crippen LogP contribution < -0.4 is 5.45 Å². The molecule has 2 rings (SSSR count). The van der Waals surface area contributed by atoms with Gasteiger partial charge in [0.2, 0.25) is 0 Å². The Bertz CT molecular complexity index is 658. The van der Waals surface area contributed by atoms with Crippen molar-refractivity contribution < 1.29 is 4.39 Å². The van der Waals surface area contributed by atoms with Crippen LogP contribution in [0.5, 0.6) is 0 Å². The van der Waals surface area contributed by atoms with Gasteiger partial charge in [0, 0.05) is 5.69 Å². The average Bonchev–Trinajstić information content (AvgIpc) is 2.66. The number of hydrogen-bond acceptors (Lipinski definition) is 1. The minimum atomic E-state index is -1.83. The molecule has 0 radical (unpaired) electrons. The van der Waals surface area contributed by atoms with E-state index in [0.717, 1.165) is 20.3 Å². The van der Waals surface area contributed by atoms with Crippen LogP contribution >= 0.6 is 31.9 Å². The Morgan fingerprint density at radius 3 is 2.10 bits per heavy atom. The van der Waals surface area contributed by atoms with Crippen molar-refractivity contribution >= 4 is 45.4 Å². The first-order valence-electron chi connectivity index (χ1n) is 6.76. The number of hydrogen-bond donors (Lipinski definition) is 0. The molecular formula is C15H19Br2FN2Si. The van der Waals surface area contributed by atoms with E-state index in [4.69, 9.17) is 4.98 Å². The maximum atomic E-state index is 13.2. The number of halogens is 3. The highest BCUT2D eigenvalue weighted by atomic mass is 79.9. The van der Waals surface area contributed by atoms with Gasteiger partial charge in [-0.1, -0.05) is 33.9 Å².